The van der Waals surface area contributed by atoms with E-state index in [1.54, 1.807) is 54.7 Å². The summed E-state index contributed by atoms with van der Waals surface area (Å²) < 4.78 is 1.37. The Kier molecular flexibility index (Phi) is 5.17. The lowest BCUT2D eigenvalue weighted by atomic mass is 10.0. The maximum atomic E-state index is 13.0. The Bertz CT molecular complexity index is 1570. The third-order valence-corrected chi connectivity index (χ3v) is 4.84. The summed E-state index contributed by atoms with van der Waals surface area (Å²) in [6.07, 6.45) is 4.19. The number of hydrogen-bond acceptors (Lipinski definition) is 8. The lowest BCUT2D eigenvalue weighted by Crippen LogP contribution is -2.14. The number of phenolic OH excluding ortho intramolecular Hbond substituents is 1. The molecule has 12 nitrogen and oxygen atoms in total. The molecule has 0 bridgehead atoms. The van der Waals surface area contributed by atoms with Crippen LogP contribution in [0.25, 0.3) is 21.4 Å². The van der Waals surface area contributed by atoms with Gasteiger partial charge < -0.3 is 5.11 Å². The number of pyridine rings is 1. The van der Waals surface area contributed by atoms with Crippen molar-refractivity contribution in [2.75, 3.05) is 5.32 Å². The number of hydrogen-bond donors (Lipinski definition) is 3. The lowest BCUT2D eigenvalue weighted by molar-refractivity contribution is 0.102. The Morgan fingerprint density at radius 2 is 2.00 bits per heavy atom. The molecule has 3 heterocycles. The fourth-order valence-electron chi connectivity index (χ4n) is 3.32. The zero-order valence-electron chi connectivity index (χ0n) is 17.3. The zero-order chi connectivity index (χ0) is 23.5. The molecule has 0 aliphatic carbocycles. The molecule has 0 radical (unpaired) electrons. The van der Waals surface area contributed by atoms with Gasteiger partial charge in [-0.2, -0.15) is 15.2 Å². The second kappa shape index (κ2) is 8.60. The molecule has 0 atom stereocenters. The maximum absolute atomic E-state index is 13.0. The minimum Gasteiger partial charge on any atom is -0.505 e. The maximum Gasteiger partial charge on any atom is 0.262 e. The topological polar surface area (TPSA) is 151 Å². The molecule has 0 fully saturated rings. The van der Waals surface area contributed by atoms with Crippen molar-refractivity contribution in [3.8, 4) is 11.6 Å². The van der Waals surface area contributed by atoms with E-state index in [4.69, 9.17) is 6.57 Å². The summed E-state index contributed by atoms with van der Waals surface area (Å²) in [5.74, 6) is -0.285. The first-order valence-corrected chi connectivity index (χ1v) is 9.86. The number of fused-ring (bicyclic) bond motifs is 1. The number of amides is 1. The number of carbonyl (C=O) groups excluding carboxylic acids is 1. The van der Waals surface area contributed by atoms with Crippen LogP contribution in [0.5, 0.6) is 5.75 Å². The predicted octanol–water partition coefficient (Wildman–Crippen LogP) is 4.46. The highest BCUT2D eigenvalue weighted by Crippen LogP contribution is 2.39. The van der Waals surface area contributed by atoms with Crippen LogP contribution in [0, 0.1) is 6.57 Å². The van der Waals surface area contributed by atoms with E-state index in [9.17, 15) is 9.90 Å². The highest BCUT2D eigenvalue weighted by Gasteiger charge is 2.21. The molecule has 1 amide bonds. The first-order chi connectivity index (χ1) is 16.7. The quantitative estimate of drug-likeness (QED) is 0.266. The Morgan fingerprint density at radius 3 is 2.76 bits per heavy atom. The number of carbonyl (C=O) groups is 1. The van der Waals surface area contributed by atoms with Crippen molar-refractivity contribution in [1.29, 1.82) is 0 Å². The average Bonchev–Trinajstić information content (AvgIpc) is 3.52. The number of benzene rings is 2. The van der Waals surface area contributed by atoms with Crippen LogP contribution in [-0.2, 0) is 0 Å². The molecule has 3 N–H and O–H groups in total. The highest BCUT2D eigenvalue weighted by atomic mass is 16.3. The van der Waals surface area contributed by atoms with E-state index < -0.39 is 5.91 Å². The number of rotatable bonds is 5. The van der Waals surface area contributed by atoms with Crippen LogP contribution in [0.2, 0.25) is 0 Å². The summed E-state index contributed by atoms with van der Waals surface area (Å²) >= 11 is 0. The summed E-state index contributed by atoms with van der Waals surface area (Å²) in [7, 11) is 0. The molecule has 0 saturated heterocycles. The predicted molar refractivity (Wildman–Crippen MR) is 122 cm³/mol. The van der Waals surface area contributed by atoms with E-state index >= 15 is 0 Å². The first kappa shape index (κ1) is 20.5. The van der Waals surface area contributed by atoms with Crippen molar-refractivity contribution in [2.24, 2.45) is 10.2 Å². The Labute approximate surface area is 191 Å². The molecule has 0 saturated carbocycles. The van der Waals surface area contributed by atoms with E-state index in [0.29, 0.717) is 16.6 Å². The normalized spacial score (nSPS) is 11.0. The van der Waals surface area contributed by atoms with Crippen LogP contribution in [0.15, 0.2) is 77.5 Å². The van der Waals surface area contributed by atoms with Crippen LogP contribution >= 0.6 is 0 Å². The van der Waals surface area contributed by atoms with Gasteiger partial charge in [0.25, 0.3) is 11.6 Å². The fraction of sp³-hybridized carbons (Fsp3) is 0. The van der Waals surface area contributed by atoms with Crippen LogP contribution in [-0.4, -0.2) is 41.0 Å². The molecule has 3 aromatic heterocycles. The van der Waals surface area contributed by atoms with Gasteiger partial charge in [-0.25, -0.2) is 19.6 Å². The van der Waals surface area contributed by atoms with Crippen molar-refractivity contribution in [3.05, 3.63) is 84.2 Å². The summed E-state index contributed by atoms with van der Waals surface area (Å²) in [6.45, 7) is 7.41. The molecule has 5 aromatic rings. The van der Waals surface area contributed by atoms with E-state index in [1.807, 2.05) is 0 Å². The summed E-state index contributed by atoms with van der Waals surface area (Å²) in [4.78, 5) is 24.5. The van der Waals surface area contributed by atoms with Gasteiger partial charge in [-0.05, 0) is 29.0 Å². The third kappa shape index (κ3) is 3.69. The number of aromatic hydroxyl groups is 1. The number of azo groups is 1. The van der Waals surface area contributed by atoms with Crippen molar-refractivity contribution >= 4 is 39.8 Å². The molecule has 164 valence electrons. The minimum absolute atomic E-state index is 0.00733. The summed E-state index contributed by atoms with van der Waals surface area (Å²) in [5.41, 5.74) is 0.177. The van der Waals surface area contributed by atoms with E-state index in [2.05, 4.69) is 45.7 Å². The monoisotopic (exact) mass is 450 g/mol. The number of phenols is 1. The average molecular weight is 450 g/mol. The van der Waals surface area contributed by atoms with Crippen molar-refractivity contribution in [1.82, 2.24) is 29.9 Å². The van der Waals surface area contributed by atoms with Gasteiger partial charge in [0.2, 0.25) is 5.95 Å². The number of nitrogens with one attached hydrogen (secondary N) is 2. The molecule has 5 rings (SSSR count). The van der Waals surface area contributed by atoms with Crippen LogP contribution in [0.3, 0.4) is 0 Å². The molecule has 0 aliphatic rings. The number of aromatic nitrogens is 6. The van der Waals surface area contributed by atoms with E-state index in [0.717, 1.165) is 0 Å². The van der Waals surface area contributed by atoms with Gasteiger partial charge in [0.1, 0.15) is 12.0 Å². The Hall–Kier alpha value is -5.44. The SMILES string of the molecule is [C-]#[N+]c1cnn(-c2ccccn2)c1N=Nc1cc2ccccc2c(C(=O)Nc2ncn[nH]2)c1O. The van der Waals surface area contributed by atoms with Crippen LogP contribution < -0.4 is 5.32 Å². The molecular formula is C22H14N10O2. The van der Waals surface area contributed by atoms with Crippen molar-refractivity contribution in [3.63, 3.8) is 0 Å². The number of anilines is 1. The van der Waals surface area contributed by atoms with Gasteiger partial charge in [-0.1, -0.05) is 30.3 Å². The summed E-state index contributed by atoms with van der Waals surface area (Å²) in [5, 5.41) is 33.4. The molecule has 0 unspecified atom stereocenters. The second-order valence-corrected chi connectivity index (χ2v) is 6.89. The molecule has 2 aromatic carbocycles. The fourth-order valence-corrected chi connectivity index (χ4v) is 3.32. The Morgan fingerprint density at radius 1 is 1.15 bits per heavy atom. The lowest BCUT2D eigenvalue weighted by Gasteiger charge is -2.11. The summed E-state index contributed by atoms with van der Waals surface area (Å²) in [6, 6.07) is 13.9. The van der Waals surface area contributed by atoms with Gasteiger partial charge in [-0.15, -0.1) is 10.2 Å². The van der Waals surface area contributed by atoms with Crippen LogP contribution in [0.4, 0.5) is 23.1 Å². The zero-order valence-corrected chi connectivity index (χ0v) is 17.3. The third-order valence-electron chi connectivity index (χ3n) is 4.84. The number of nitrogens with zero attached hydrogens (tertiary/aromatic N) is 8. The van der Waals surface area contributed by atoms with Crippen molar-refractivity contribution in [2.45, 2.75) is 0 Å². The van der Waals surface area contributed by atoms with Crippen molar-refractivity contribution < 1.29 is 9.90 Å². The highest BCUT2D eigenvalue weighted by molar-refractivity contribution is 6.15. The molecular weight excluding hydrogens is 436 g/mol. The van der Waals surface area contributed by atoms with Gasteiger partial charge in [-0.3, -0.25) is 10.1 Å². The number of H-pyrrole nitrogens is 1. The van der Waals surface area contributed by atoms with Gasteiger partial charge in [0.15, 0.2) is 17.4 Å². The second-order valence-electron chi connectivity index (χ2n) is 6.89. The van der Waals surface area contributed by atoms with E-state index in [1.165, 1.54) is 17.2 Å². The minimum atomic E-state index is -0.608. The van der Waals surface area contributed by atoms with Gasteiger partial charge in [0, 0.05) is 6.20 Å². The largest absolute Gasteiger partial charge is 0.505 e. The first-order valence-electron chi connectivity index (χ1n) is 9.86. The number of aromatic amines is 1. The molecule has 0 spiro atoms. The van der Waals surface area contributed by atoms with Gasteiger partial charge in [0.05, 0.1) is 18.3 Å². The standard InChI is InChI=1S/C22H14N10O2/c1-23-16-11-27-32(17-8-4-5-9-24-17)20(16)30-29-15-10-13-6-2-3-7-14(13)18(19(15)33)21(34)28-22-25-12-26-31-22/h2-12,33H,(H2,25,26,28,31,34). The molecule has 0 aliphatic heterocycles. The van der Waals surface area contributed by atoms with Gasteiger partial charge >= 0.3 is 0 Å². The van der Waals surface area contributed by atoms with E-state index in [-0.39, 0.29) is 34.5 Å². The molecule has 12 heteroatoms. The Balaban J connectivity index is 1.61. The smallest absolute Gasteiger partial charge is 0.262 e. The van der Waals surface area contributed by atoms with Crippen LogP contribution in [0.1, 0.15) is 10.4 Å². The molecule has 34 heavy (non-hydrogen) atoms.